The molecule has 0 fully saturated rings. The second kappa shape index (κ2) is 6.07. The van der Waals surface area contributed by atoms with E-state index >= 15 is 0 Å². The summed E-state index contributed by atoms with van der Waals surface area (Å²) in [6.45, 7) is 2.75. The Morgan fingerprint density at radius 1 is 1.37 bits per heavy atom. The summed E-state index contributed by atoms with van der Waals surface area (Å²) in [5, 5.41) is 3.78. The molecule has 0 unspecified atom stereocenters. The molecule has 0 radical (unpaired) electrons. The number of hydrogen-bond donors (Lipinski definition) is 1. The third-order valence-electron chi connectivity index (χ3n) is 2.72. The molecule has 0 spiro atoms. The Labute approximate surface area is 123 Å². The van der Waals surface area contributed by atoms with Crippen LogP contribution < -0.4 is 5.32 Å². The average molecular weight is 347 g/mol. The van der Waals surface area contributed by atoms with Gasteiger partial charge in [0.1, 0.15) is 5.01 Å². The van der Waals surface area contributed by atoms with Gasteiger partial charge in [-0.2, -0.15) is 0 Å². The van der Waals surface area contributed by atoms with Crippen LogP contribution in [0.4, 0.5) is 8.78 Å². The number of thiazole rings is 1. The number of aromatic nitrogens is 1. The molecule has 1 N–H and O–H groups in total. The number of rotatable bonds is 4. The molecule has 102 valence electrons. The molecule has 19 heavy (non-hydrogen) atoms. The molecule has 0 amide bonds. The quantitative estimate of drug-likeness (QED) is 0.841. The zero-order valence-corrected chi connectivity index (χ0v) is 13.0. The lowest BCUT2D eigenvalue weighted by molar-refractivity contribution is 0.505. The summed E-state index contributed by atoms with van der Waals surface area (Å²) < 4.78 is 26.8. The smallest absolute Gasteiger partial charge is 0.173 e. The Morgan fingerprint density at radius 2 is 2.11 bits per heavy atom. The van der Waals surface area contributed by atoms with Gasteiger partial charge in [0, 0.05) is 17.0 Å². The van der Waals surface area contributed by atoms with Gasteiger partial charge in [-0.3, -0.25) is 0 Å². The average Bonchev–Trinajstić information content (AvgIpc) is 2.79. The molecule has 0 saturated heterocycles. The van der Waals surface area contributed by atoms with E-state index in [9.17, 15) is 8.78 Å². The molecule has 1 heterocycles. The van der Waals surface area contributed by atoms with Gasteiger partial charge in [0.15, 0.2) is 11.6 Å². The van der Waals surface area contributed by atoms with Gasteiger partial charge in [-0.1, -0.05) is 6.92 Å². The molecule has 0 atom stereocenters. The summed E-state index contributed by atoms with van der Waals surface area (Å²) in [6.07, 6.45) is 0.814. The van der Waals surface area contributed by atoms with E-state index in [0.29, 0.717) is 10.6 Å². The minimum atomic E-state index is -0.874. The zero-order chi connectivity index (χ0) is 14.0. The van der Waals surface area contributed by atoms with Crippen LogP contribution in [0.5, 0.6) is 0 Å². The highest BCUT2D eigenvalue weighted by atomic mass is 79.9. The Bertz CT molecular complexity index is 599. The van der Waals surface area contributed by atoms with Crippen molar-refractivity contribution in [2.75, 3.05) is 7.05 Å². The summed E-state index contributed by atoms with van der Waals surface area (Å²) in [5.74, 6) is -1.74. The fraction of sp³-hybridized carbons (Fsp3) is 0.308. The first-order valence-corrected chi connectivity index (χ1v) is 7.46. The molecule has 0 aliphatic rings. The van der Waals surface area contributed by atoms with Gasteiger partial charge in [0.05, 0.1) is 10.2 Å². The normalized spacial score (nSPS) is 11.0. The van der Waals surface area contributed by atoms with Crippen LogP contribution >= 0.6 is 27.3 Å². The minimum Gasteiger partial charge on any atom is -0.315 e. The number of aryl methyl sites for hydroxylation is 1. The van der Waals surface area contributed by atoms with Crippen molar-refractivity contribution in [3.05, 3.63) is 38.8 Å². The molecule has 6 heteroatoms. The van der Waals surface area contributed by atoms with Crippen molar-refractivity contribution in [3.8, 4) is 10.6 Å². The van der Waals surface area contributed by atoms with E-state index in [0.717, 1.165) is 29.6 Å². The van der Waals surface area contributed by atoms with Crippen molar-refractivity contribution in [2.45, 2.75) is 19.9 Å². The Balaban J connectivity index is 2.50. The first-order valence-electron chi connectivity index (χ1n) is 5.85. The molecule has 1 aromatic carbocycles. The van der Waals surface area contributed by atoms with Crippen molar-refractivity contribution in [3.63, 3.8) is 0 Å². The van der Waals surface area contributed by atoms with E-state index in [1.54, 1.807) is 6.07 Å². The second-order valence-corrected chi connectivity index (χ2v) is 5.87. The summed E-state index contributed by atoms with van der Waals surface area (Å²) in [6, 6.07) is 2.67. The van der Waals surface area contributed by atoms with E-state index in [-0.39, 0.29) is 4.47 Å². The van der Waals surface area contributed by atoms with Crippen LogP contribution in [-0.4, -0.2) is 12.0 Å². The van der Waals surface area contributed by atoms with Gasteiger partial charge >= 0.3 is 0 Å². The first kappa shape index (κ1) is 14.6. The molecule has 0 saturated carbocycles. The monoisotopic (exact) mass is 346 g/mol. The summed E-state index contributed by atoms with van der Waals surface area (Å²) >= 11 is 4.60. The predicted octanol–water partition coefficient (Wildman–Crippen LogP) is 4.13. The number of halogens is 3. The van der Waals surface area contributed by atoms with Crippen LogP contribution in [0.1, 0.15) is 17.5 Å². The molecular weight excluding hydrogens is 334 g/mol. The van der Waals surface area contributed by atoms with Crippen LogP contribution in [0.15, 0.2) is 16.6 Å². The standard InChI is InChI=1S/C13H13BrF2N2S/c1-3-9-10(6-17-2)19-13(18-9)7-4-5-8(15)12(16)11(7)14/h4-5,17H,3,6H2,1-2H3. The lowest BCUT2D eigenvalue weighted by Crippen LogP contribution is -2.05. The number of hydrogen-bond acceptors (Lipinski definition) is 3. The fourth-order valence-corrected chi connectivity index (χ4v) is 3.60. The summed E-state index contributed by atoms with van der Waals surface area (Å²) in [7, 11) is 1.87. The maximum Gasteiger partial charge on any atom is 0.173 e. The molecule has 2 aromatic rings. The lowest BCUT2D eigenvalue weighted by Gasteiger charge is -2.02. The Hall–Kier alpha value is -0.850. The first-order chi connectivity index (χ1) is 9.08. The van der Waals surface area contributed by atoms with Gasteiger partial charge in [-0.25, -0.2) is 13.8 Å². The van der Waals surface area contributed by atoms with Crippen molar-refractivity contribution in [1.82, 2.24) is 10.3 Å². The molecule has 1 aromatic heterocycles. The lowest BCUT2D eigenvalue weighted by atomic mass is 10.2. The van der Waals surface area contributed by atoms with Crippen LogP contribution in [0, 0.1) is 11.6 Å². The van der Waals surface area contributed by atoms with Crippen LogP contribution in [0.2, 0.25) is 0 Å². The van der Waals surface area contributed by atoms with Crippen molar-refractivity contribution < 1.29 is 8.78 Å². The maximum atomic E-state index is 13.6. The molecule has 0 aliphatic carbocycles. The third-order valence-corrected chi connectivity index (χ3v) is 4.62. The van der Waals surface area contributed by atoms with E-state index in [2.05, 4.69) is 26.2 Å². The second-order valence-electron chi connectivity index (χ2n) is 4.00. The Morgan fingerprint density at radius 3 is 2.74 bits per heavy atom. The van der Waals surface area contributed by atoms with Gasteiger partial charge < -0.3 is 5.32 Å². The van der Waals surface area contributed by atoms with Crippen LogP contribution in [-0.2, 0) is 13.0 Å². The predicted molar refractivity (Wildman–Crippen MR) is 77.3 cm³/mol. The number of benzene rings is 1. The minimum absolute atomic E-state index is 0.125. The van der Waals surface area contributed by atoms with E-state index in [4.69, 9.17) is 0 Å². The molecular formula is C13H13BrF2N2S. The van der Waals surface area contributed by atoms with Crippen molar-refractivity contribution in [2.24, 2.45) is 0 Å². The van der Waals surface area contributed by atoms with Crippen LogP contribution in [0.25, 0.3) is 10.6 Å². The largest absolute Gasteiger partial charge is 0.315 e. The maximum absolute atomic E-state index is 13.6. The molecule has 2 rings (SSSR count). The van der Waals surface area contributed by atoms with Gasteiger partial charge in [0.25, 0.3) is 0 Å². The number of nitrogens with zero attached hydrogens (tertiary/aromatic N) is 1. The third kappa shape index (κ3) is 2.85. The molecule has 2 nitrogen and oxygen atoms in total. The fourth-order valence-electron chi connectivity index (χ4n) is 1.76. The van der Waals surface area contributed by atoms with Gasteiger partial charge in [0.2, 0.25) is 0 Å². The van der Waals surface area contributed by atoms with Crippen molar-refractivity contribution in [1.29, 1.82) is 0 Å². The highest BCUT2D eigenvalue weighted by Gasteiger charge is 2.17. The zero-order valence-electron chi connectivity index (χ0n) is 10.6. The SMILES string of the molecule is CCc1nc(-c2ccc(F)c(F)c2Br)sc1CNC. The molecule has 0 aliphatic heterocycles. The van der Waals surface area contributed by atoms with E-state index in [1.807, 2.05) is 14.0 Å². The van der Waals surface area contributed by atoms with Crippen LogP contribution in [0.3, 0.4) is 0 Å². The summed E-state index contributed by atoms with van der Waals surface area (Å²) in [5.41, 5.74) is 1.58. The van der Waals surface area contributed by atoms with Crippen molar-refractivity contribution >= 4 is 27.3 Å². The highest BCUT2D eigenvalue weighted by Crippen LogP contribution is 2.35. The highest BCUT2D eigenvalue weighted by molar-refractivity contribution is 9.10. The van der Waals surface area contributed by atoms with E-state index in [1.165, 1.54) is 11.3 Å². The number of nitrogens with one attached hydrogen (secondary N) is 1. The topological polar surface area (TPSA) is 24.9 Å². The van der Waals surface area contributed by atoms with Gasteiger partial charge in [-0.05, 0) is 41.5 Å². The summed E-state index contributed by atoms with van der Waals surface area (Å²) in [4.78, 5) is 5.63. The van der Waals surface area contributed by atoms with Gasteiger partial charge in [-0.15, -0.1) is 11.3 Å². The van der Waals surface area contributed by atoms with E-state index < -0.39 is 11.6 Å². The Kier molecular flexibility index (Phi) is 4.65. The molecule has 0 bridgehead atoms.